The number of aryl methyl sites for hydroxylation is 1. The van der Waals surface area contributed by atoms with Crippen molar-refractivity contribution in [1.82, 2.24) is 3.97 Å². The van der Waals surface area contributed by atoms with Crippen molar-refractivity contribution in [2.24, 2.45) is 0 Å². The van der Waals surface area contributed by atoms with Crippen molar-refractivity contribution in [3.05, 3.63) is 24.0 Å². The second kappa shape index (κ2) is 6.06. The molecule has 1 aromatic rings. The fraction of sp³-hybridized carbons (Fsp3) is 0.636. The molecule has 0 radical (unpaired) electrons. The molecular formula is C11H18NO3S-. The molecule has 0 N–H and O–H groups in total. The molecule has 92 valence electrons. The van der Waals surface area contributed by atoms with Gasteiger partial charge in [-0.1, -0.05) is 32.6 Å². The van der Waals surface area contributed by atoms with Crippen molar-refractivity contribution in [3.63, 3.8) is 0 Å². The van der Waals surface area contributed by atoms with Gasteiger partial charge in [-0.05, 0) is 25.0 Å². The van der Waals surface area contributed by atoms with Gasteiger partial charge in [-0.15, -0.1) is 0 Å². The number of hydrogen-bond donors (Lipinski definition) is 0. The zero-order valence-corrected chi connectivity index (χ0v) is 10.4. The van der Waals surface area contributed by atoms with Gasteiger partial charge in [0.25, 0.3) is 0 Å². The van der Waals surface area contributed by atoms with Gasteiger partial charge in [0.15, 0.2) is 10.3 Å². The molecule has 16 heavy (non-hydrogen) atoms. The van der Waals surface area contributed by atoms with E-state index in [0.29, 0.717) is 12.1 Å². The Balaban J connectivity index is 2.46. The minimum Gasteiger partial charge on any atom is -0.731 e. The summed E-state index contributed by atoms with van der Waals surface area (Å²) in [6, 6.07) is 3.28. The van der Waals surface area contributed by atoms with Crippen molar-refractivity contribution >= 4 is 10.3 Å². The summed E-state index contributed by atoms with van der Waals surface area (Å²) in [4.78, 5) is 0. The van der Waals surface area contributed by atoms with E-state index in [1.807, 2.05) is 0 Å². The molecule has 0 atom stereocenters. The highest BCUT2D eigenvalue weighted by molar-refractivity contribution is 7.84. The molecule has 0 aromatic carbocycles. The second-order valence-corrected chi connectivity index (χ2v) is 5.17. The van der Waals surface area contributed by atoms with Crippen LogP contribution in [0, 0.1) is 0 Å². The van der Waals surface area contributed by atoms with Gasteiger partial charge in [0.2, 0.25) is 0 Å². The lowest BCUT2D eigenvalue weighted by atomic mass is 10.1. The number of hydrogen-bond acceptors (Lipinski definition) is 3. The molecule has 0 fully saturated rings. The molecule has 0 amide bonds. The highest BCUT2D eigenvalue weighted by Gasteiger charge is 2.05. The van der Waals surface area contributed by atoms with Crippen molar-refractivity contribution in [1.29, 1.82) is 0 Å². The van der Waals surface area contributed by atoms with Gasteiger partial charge in [0.05, 0.1) is 0 Å². The third kappa shape index (κ3) is 3.98. The van der Waals surface area contributed by atoms with E-state index in [0.717, 1.165) is 16.8 Å². The van der Waals surface area contributed by atoms with Gasteiger partial charge < -0.3 is 4.55 Å². The molecule has 0 saturated carbocycles. The summed E-state index contributed by atoms with van der Waals surface area (Å²) in [6.45, 7) is 2.15. The summed E-state index contributed by atoms with van der Waals surface area (Å²) in [5.74, 6) is 0. The topological polar surface area (TPSA) is 62.1 Å². The van der Waals surface area contributed by atoms with E-state index in [4.69, 9.17) is 0 Å². The monoisotopic (exact) mass is 244 g/mol. The Kier molecular flexibility index (Phi) is 5.02. The van der Waals surface area contributed by atoms with E-state index in [9.17, 15) is 13.0 Å². The Labute approximate surface area is 97.2 Å². The van der Waals surface area contributed by atoms with Crippen molar-refractivity contribution < 1.29 is 13.0 Å². The molecule has 0 saturated heterocycles. The van der Waals surface area contributed by atoms with Gasteiger partial charge in [-0.25, -0.2) is 8.42 Å². The van der Waals surface area contributed by atoms with Crippen LogP contribution in [0.1, 0.15) is 44.7 Å². The van der Waals surface area contributed by atoms with E-state index in [-0.39, 0.29) is 0 Å². The molecular weight excluding hydrogens is 226 g/mol. The lowest BCUT2D eigenvalue weighted by Gasteiger charge is -2.12. The molecule has 0 aliphatic heterocycles. The summed E-state index contributed by atoms with van der Waals surface area (Å²) >= 11 is 0. The van der Waals surface area contributed by atoms with Crippen molar-refractivity contribution in [3.8, 4) is 0 Å². The maximum absolute atomic E-state index is 10.9. The number of nitrogens with zero attached hydrogens (tertiary/aromatic N) is 1. The van der Waals surface area contributed by atoms with Crippen LogP contribution in [0.25, 0.3) is 0 Å². The fourth-order valence-corrected chi connectivity index (χ4v) is 2.38. The highest BCUT2D eigenvalue weighted by atomic mass is 32.2. The van der Waals surface area contributed by atoms with Crippen LogP contribution >= 0.6 is 0 Å². The molecule has 0 aliphatic carbocycles. The first-order valence-corrected chi connectivity index (χ1v) is 7.05. The van der Waals surface area contributed by atoms with E-state index in [1.54, 1.807) is 12.1 Å². The summed E-state index contributed by atoms with van der Waals surface area (Å²) in [5.41, 5.74) is 0.589. The minimum absolute atomic E-state index is 0.589. The Morgan fingerprint density at radius 1 is 1.25 bits per heavy atom. The Morgan fingerprint density at radius 3 is 2.56 bits per heavy atom. The maximum atomic E-state index is 10.9. The summed E-state index contributed by atoms with van der Waals surface area (Å²) in [6.07, 6.45) is 7.53. The van der Waals surface area contributed by atoms with Gasteiger partial charge in [-0.3, -0.25) is 3.97 Å². The first-order valence-electron chi connectivity index (χ1n) is 5.68. The van der Waals surface area contributed by atoms with Crippen LogP contribution < -0.4 is 0 Å². The normalized spacial score (nSPS) is 11.9. The zero-order chi connectivity index (χ0) is 12.0. The minimum atomic E-state index is -4.37. The lowest BCUT2D eigenvalue weighted by molar-refractivity contribution is 0.450. The van der Waals surface area contributed by atoms with Gasteiger partial charge in [0, 0.05) is 11.9 Å². The predicted octanol–water partition coefficient (Wildman–Crippen LogP) is 2.31. The number of rotatable bonds is 7. The average Bonchev–Trinajstić information content (AvgIpc) is 2.65. The first kappa shape index (κ1) is 13.3. The van der Waals surface area contributed by atoms with Crippen LogP contribution in [0.15, 0.2) is 18.3 Å². The van der Waals surface area contributed by atoms with Crippen LogP contribution in [0.2, 0.25) is 0 Å². The standard InChI is InChI=1S/C11H19NO3S/c1-2-3-4-5-6-8-11-9-7-10-12(11)16(13,14)15/h7,9-10H,2-6,8H2,1H3,(H,13,14,15)/p-1. The van der Waals surface area contributed by atoms with Gasteiger partial charge in [-0.2, -0.15) is 0 Å². The first-order chi connectivity index (χ1) is 7.55. The lowest BCUT2D eigenvalue weighted by Crippen LogP contribution is -2.13. The molecule has 1 heterocycles. The van der Waals surface area contributed by atoms with E-state index in [1.165, 1.54) is 25.5 Å². The molecule has 4 nitrogen and oxygen atoms in total. The Morgan fingerprint density at radius 2 is 1.94 bits per heavy atom. The highest BCUT2D eigenvalue weighted by Crippen LogP contribution is 2.11. The maximum Gasteiger partial charge on any atom is 0.188 e. The van der Waals surface area contributed by atoms with Crippen LogP contribution in [0.5, 0.6) is 0 Å². The zero-order valence-electron chi connectivity index (χ0n) is 9.55. The number of unbranched alkanes of at least 4 members (excludes halogenated alkanes) is 4. The summed E-state index contributed by atoms with van der Waals surface area (Å²) < 4.78 is 33.4. The van der Waals surface area contributed by atoms with Crippen molar-refractivity contribution in [2.45, 2.75) is 45.4 Å². The largest absolute Gasteiger partial charge is 0.731 e. The molecule has 0 unspecified atom stereocenters. The molecule has 5 heteroatoms. The summed E-state index contributed by atoms with van der Waals surface area (Å²) in [7, 11) is -4.37. The van der Waals surface area contributed by atoms with Crippen LogP contribution in [-0.4, -0.2) is 16.9 Å². The quantitative estimate of drug-likeness (QED) is 0.546. The predicted molar refractivity (Wildman–Crippen MR) is 62.0 cm³/mol. The smallest absolute Gasteiger partial charge is 0.188 e. The van der Waals surface area contributed by atoms with Crippen LogP contribution in [-0.2, 0) is 16.7 Å². The van der Waals surface area contributed by atoms with E-state index < -0.39 is 10.3 Å². The Hall–Kier alpha value is -0.810. The Bertz CT molecular complexity index is 409. The van der Waals surface area contributed by atoms with E-state index in [2.05, 4.69) is 6.92 Å². The number of aromatic nitrogens is 1. The molecule has 1 rings (SSSR count). The molecule has 0 spiro atoms. The third-order valence-electron chi connectivity index (χ3n) is 2.57. The van der Waals surface area contributed by atoms with Crippen molar-refractivity contribution in [2.75, 3.05) is 0 Å². The van der Waals surface area contributed by atoms with Crippen LogP contribution in [0.4, 0.5) is 0 Å². The van der Waals surface area contributed by atoms with E-state index >= 15 is 0 Å². The molecule has 0 aliphatic rings. The fourth-order valence-electron chi connectivity index (χ4n) is 1.72. The molecule has 0 bridgehead atoms. The van der Waals surface area contributed by atoms with Gasteiger partial charge >= 0.3 is 0 Å². The second-order valence-electron chi connectivity index (χ2n) is 3.92. The van der Waals surface area contributed by atoms with Crippen LogP contribution in [0.3, 0.4) is 0 Å². The molecule has 1 aromatic heterocycles. The summed E-state index contributed by atoms with van der Waals surface area (Å²) in [5, 5.41) is 0. The van der Waals surface area contributed by atoms with Gasteiger partial charge in [0.1, 0.15) is 0 Å². The average molecular weight is 244 g/mol. The SMILES string of the molecule is CCCCCCCc1cccn1S(=O)(=O)[O-]. The third-order valence-corrected chi connectivity index (χ3v) is 3.41.